The Kier molecular flexibility index (Phi) is 13.4. The van der Waals surface area contributed by atoms with Gasteiger partial charge in [0, 0.05) is 42.0 Å². The Balaban J connectivity index is 5.39. The zero-order valence-corrected chi connectivity index (χ0v) is 19.0. The van der Waals surface area contributed by atoms with E-state index in [0.717, 1.165) is 19.3 Å². The minimum atomic E-state index is -1.85. The van der Waals surface area contributed by atoms with Crippen molar-refractivity contribution in [3.8, 4) is 0 Å². The zero-order chi connectivity index (χ0) is 20.1. The second-order valence-electron chi connectivity index (χ2n) is 6.02. The molecule has 0 fully saturated rings. The van der Waals surface area contributed by atoms with Crippen molar-refractivity contribution in [1.29, 1.82) is 0 Å². The Bertz CT molecular complexity index is 338. The quantitative estimate of drug-likeness (QED) is 0.209. The molecule has 0 heterocycles. The fourth-order valence-corrected chi connectivity index (χ4v) is 3.89. The summed E-state index contributed by atoms with van der Waals surface area (Å²) in [6.07, 6.45) is 8.49. The van der Waals surface area contributed by atoms with Gasteiger partial charge < -0.3 is 32.5 Å². The number of ether oxygens (including phenoxy) is 5. The van der Waals surface area contributed by atoms with Gasteiger partial charge in [0.15, 0.2) is 0 Å². The molecule has 0 bridgehead atoms. The molecule has 9 heteroatoms. The maximum absolute atomic E-state index is 5.74. The lowest BCUT2D eigenvalue weighted by Crippen LogP contribution is -2.73. The van der Waals surface area contributed by atoms with Gasteiger partial charge in [-0.15, -0.1) is 0 Å². The summed E-state index contributed by atoms with van der Waals surface area (Å²) in [4.78, 5) is 0. The van der Waals surface area contributed by atoms with Crippen LogP contribution in [0.4, 0.5) is 0 Å². The second-order valence-corrected chi connectivity index (χ2v) is 6.43. The predicted octanol–water partition coefficient (Wildman–Crippen LogP) is 2.61. The van der Waals surface area contributed by atoms with Gasteiger partial charge >= 0.3 is 11.8 Å². The topological polar surface area (TPSA) is 64.6 Å². The van der Waals surface area contributed by atoms with Crippen LogP contribution in [0.3, 0.4) is 0 Å². The van der Waals surface area contributed by atoms with Crippen LogP contribution >= 0.6 is 0 Å². The molecule has 0 amide bonds. The number of unbranched alkanes of at least 4 members (excludes halogenated alkanes) is 6. The smallest absolute Gasteiger partial charge is 0.326 e. The molecule has 152 valence electrons. The van der Waals surface area contributed by atoms with Crippen LogP contribution in [-0.2, 0) is 32.5 Å². The van der Waals surface area contributed by atoms with E-state index in [-0.39, 0.29) is 0 Å². The minimum absolute atomic E-state index is 0.478. The van der Waals surface area contributed by atoms with Gasteiger partial charge in [0.2, 0.25) is 5.79 Å². The molecule has 6 radical (unpaired) electrons. The normalized spacial score (nSPS) is 13.4. The van der Waals surface area contributed by atoms with Crippen molar-refractivity contribution in [2.75, 3.05) is 35.5 Å². The highest BCUT2D eigenvalue weighted by Gasteiger charge is 2.69. The van der Waals surface area contributed by atoms with Crippen LogP contribution in [0.15, 0.2) is 0 Å². The molecular weight excluding hydrogens is 372 g/mol. The Labute approximate surface area is 165 Å². The van der Waals surface area contributed by atoms with Crippen molar-refractivity contribution in [3.05, 3.63) is 0 Å². The maximum Gasteiger partial charge on any atom is 0.326 e. The van der Waals surface area contributed by atoms with E-state index in [0.29, 0.717) is 6.42 Å². The summed E-state index contributed by atoms with van der Waals surface area (Å²) >= 11 is 0. The standard InChI is InChI=1S/C17H34O7Si2/c1-7-8-9-10-11-12-13-14-15(18-2,19-3)16(20-4,21-5)17(22-6,23-25)24-26/h7-14H2,1-6H3. The predicted molar refractivity (Wildman–Crippen MR) is 99.5 cm³/mol. The highest BCUT2D eigenvalue weighted by molar-refractivity contribution is 6.00. The molecule has 0 aliphatic rings. The van der Waals surface area contributed by atoms with Crippen LogP contribution in [0.1, 0.15) is 58.3 Å². The van der Waals surface area contributed by atoms with Crippen LogP contribution in [-0.4, -0.2) is 74.1 Å². The number of hydrogen-bond donors (Lipinski definition) is 0. The highest BCUT2D eigenvalue weighted by Crippen LogP contribution is 2.45. The number of methoxy groups -OCH3 is 5. The lowest BCUT2D eigenvalue weighted by molar-refractivity contribution is -0.510. The van der Waals surface area contributed by atoms with Crippen molar-refractivity contribution in [3.63, 3.8) is 0 Å². The van der Waals surface area contributed by atoms with E-state index in [4.69, 9.17) is 32.5 Å². The molecule has 0 aliphatic carbocycles. The molecule has 0 rings (SSSR count). The van der Waals surface area contributed by atoms with Gasteiger partial charge in [-0.05, 0) is 6.42 Å². The van der Waals surface area contributed by atoms with Gasteiger partial charge in [-0.25, -0.2) is 0 Å². The average molecular weight is 407 g/mol. The van der Waals surface area contributed by atoms with Crippen molar-refractivity contribution >= 4 is 21.0 Å². The summed E-state index contributed by atoms with van der Waals surface area (Å²) in [5.74, 6) is -4.91. The maximum atomic E-state index is 5.74. The Morgan fingerprint density at radius 1 is 0.615 bits per heavy atom. The van der Waals surface area contributed by atoms with Crippen LogP contribution in [0, 0.1) is 0 Å². The summed E-state index contributed by atoms with van der Waals surface area (Å²) in [6.45, 7) is 2.21. The summed E-state index contributed by atoms with van der Waals surface area (Å²) < 4.78 is 38.8. The molecule has 0 saturated carbocycles. The van der Waals surface area contributed by atoms with Crippen LogP contribution in [0.2, 0.25) is 0 Å². The largest absolute Gasteiger partial charge is 0.367 e. The summed E-state index contributed by atoms with van der Waals surface area (Å²) in [5, 5.41) is 0. The molecule has 0 aliphatic heterocycles. The zero-order valence-electron chi connectivity index (χ0n) is 17.0. The van der Waals surface area contributed by atoms with Crippen molar-refractivity contribution in [2.45, 2.75) is 75.8 Å². The molecule has 7 nitrogen and oxygen atoms in total. The third-order valence-electron chi connectivity index (χ3n) is 4.79. The summed E-state index contributed by atoms with van der Waals surface area (Å²) in [6, 6.07) is 0. The van der Waals surface area contributed by atoms with Gasteiger partial charge in [-0.1, -0.05) is 45.4 Å². The molecule has 0 aromatic rings. The first-order chi connectivity index (χ1) is 12.5. The third-order valence-corrected chi connectivity index (χ3v) is 5.32. The third kappa shape index (κ3) is 5.36. The fourth-order valence-electron chi connectivity index (χ4n) is 3.29. The molecule has 0 N–H and O–H groups in total. The molecule has 0 aromatic heterocycles. The highest BCUT2D eigenvalue weighted by atomic mass is 28.2. The summed E-state index contributed by atoms with van der Waals surface area (Å²) in [5.41, 5.74) is 0. The van der Waals surface area contributed by atoms with Crippen LogP contribution < -0.4 is 0 Å². The second kappa shape index (κ2) is 13.4. The molecule has 0 aromatic carbocycles. The summed E-state index contributed by atoms with van der Waals surface area (Å²) in [7, 11) is 13.2. The Morgan fingerprint density at radius 3 is 1.42 bits per heavy atom. The average Bonchev–Trinajstić information content (AvgIpc) is 2.69. The van der Waals surface area contributed by atoms with E-state index in [2.05, 4.69) is 27.9 Å². The van der Waals surface area contributed by atoms with Gasteiger partial charge in [0.1, 0.15) is 0 Å². The SMILES string of the molecule is CCCCCCCCCC(OC)(OC)C(OC)(OC)C(OC)(O[Si])O[Si]. The fraction of sp³-hybridized carbons (Fsp3) is 1.00. The van der Waals surface area contributed by atoms with Crippen molar-refractivity contribution in [1.82, 2.24) is 0 Å². The van der Waals surface area contributed by atoms with E-state index < -0.39 is 17.5 Å². The monoisotopic (exact) mass is 406 g/mol. The van der Waals surface area contributed by atoms with E-state index in [9.17, 15) is 0 Å². The van der Waals surface area contributed by atoms with E-state index >= 15 is 0 Å². The molecule has 0 saturated heterocycles. The van der Waals surface area contributed by atoms with Gasteiger partial charge in [0.05, 0.1) is 0 Å². The number of rotatable bonds is 17. The first kappa shape index (κ1) is 26.2. The molecule has 26 heavy (non-hydrogen) atoms. The lowest BCUT2D eigenvalue weighted by atomic mass is 9.95. The van der Waals surface area contributed by atoms with Gasteiger partial charge in [-0.2, -0.15) is 0 Å². The first-order valence-electron chi connectivity index (χ1n) is 8.94. The van der Waals surface area contributed by atoms with E-state index in [1.807, 2.05) is 0 Å². The lowest BCUT2D eigenvalue weighted by Gasteiger charge is -2.52. The minimum Gasteiger partial charge on any atom is -0.367 e. The van der Waals surface area contributed by atoms with Crippen LogP contribution in [0.25, 0.3) is 0 Å². The number of hydrogen-bond acceptors (Lipinski definition) is 7. The first-order valence-corrected chi connectivity index (χ1v) is 9.76. The van der Waals surface area contributed by atoms with Crippen molar-refractivity contribution < 1.29 is 32.5 Å². The molecule has 0 spiro atoms. The van der Waals surface area contributed by atoms with Crippen molar-refractivity contribution in [2.24, 2.45) is 0 Å². The van der Waals surface area contributed by atoms with Gasteiger partial charge in [0.25, 0.3) is 21.0 Å². The molecule has 0 unspecified atom stereocenters. The van der Waals surface area contributed by atoms with Crippen LogP contribution in [0.5, 0.6) is 0 Å². The van der Waals surface area contributed by atoms with Gasteiger partial charge in [-0.3, -0.25) is 0 Å². The Hall–Kier alpha value is 0.154. The van der Waals surface area contributed by atoms with E-state index in [1.54, 1.807) is 0 Å². The van der Waals surface area contributed by atoms with E-state index in [1.165, 1.54) is 61.2 Å². The Morgan fingerprint density at radius 2 is 1.08 bits per heavy atom. The molecular formula is C17H34O7Si2. The molecule has 0 atom stereocenters.